The van der Waals surface area contributed by atoms with Crippen LogP contribution in [0.2, 0.25) is 10.0 Å². The van der Waals surface area contributed by atoms with Gasteiger partial charge in [-0.15, -0.1) is 0 Å². The SMILES string of the molecule is Nc1ccc(N(C(=O)Nc2ccc(Cl)c(Cl)c2)c2ccccc2)cc1. The Morgan fingerprint density at radius 3 is 2.12 bits per heavy atom. The van der Waals surface area contributed by atoms with Crippen LogP contribution in [-0.2, 0) is 0 Å². The van der Waals surface area contributed by atoms with E-state index >= 15 is 0 Å². The summed E-state index contributed by atoms with van der Waals surface area (Å²) >= 11 is 11.9. The van der Waals surface area contributed by atoms with Gasteiger partial charge in [-0.05, 0) is 54.6 Å². The van der Waals surface area contributed by atoms with Crippen molar-refractivity contribution in [1.82, 2.24) is 0 Å². The van der Waals surface area contributed by atoms with Gasteiger partial charge in [-0.1, -0.05) is 41.4 Å². The molecule has 0 aliphatic carbocycles. The summed E-state index contributed by atoms with van der Waals surface area (Å²) in [5, 5.41) is 3.64. The van der Waals surface area contributed by atoms with Gasteiger partial charge < -0.3 is 11.1 Å². The predicted molar refractivity (Wildman–Crippen MR) is 105 cm³/mol. The highest BCUT2D eigenvalue weighted by molar-refractivity contribution is 6.42. The Morgan fingerprint density at radius 1 is 0.840 bits per heavy atom. The highest BCUT2D eigenvalue weighted by Crippen LogP contribution is 2.29. The third-order valence-electron chi connectivity index (χ3n) is 3.54. The zero-order valence-electron chi connectivity index (χ0n) is 13.1. The number of nitrogens with one attached hydrogen (secondary N) is 1. The fraction of sp³-hybridized carbons (Fsp3) is 0. The summed E-state index contributed by atoms with van der Waals surface area (Å²) in [5.74, 6) is 0. The summed E-state index contributed by atoms with van der Waals surface area (Å²) in [6.07, 6.45) is 0. The van der Waals surface area contributed by atoms with E-state index in [1.54, 1.807) is 47.4 Å². The topological polar surface area (TPSA) is 58.4 Å². The van der Waals surface area contributed by atoms with Crippen molar-refractivity contribution in [2.45, 2.75) is 0 Å². The van der Waals surface area contributed by atoms with Gasteiger partial charge in [0.05, 0.1) is 21.4 Å². The second-order valence-electron chi connectivity index (χ2n) is 5.32. The second-order valence-corrected chi connectivity index (χ2v) is 6.14. The van der Waals surface area contributed by atoms with Gasteiger partial charge in [0, 0.05) is 11.4 Å². The van der Waals surface area contributed by atoms with Crippen LogP contribution in [0.5, 0.6) is 0 Å². The summed E-state index contributed by atoms with van der Waals surface area (Å²) in [5.41, 5.74) is 8.35. The zero-order chi connectivity index (χ0) is 17.8. The van der Waals surface area contributed by atoms with Crippen molar-refractivity contribution in [2.24, 2.45) is 0 Å². The molecule has 3 rings (SSSR count). The standard InChI is InChI=1S/C19H15Cl2N3O/c20-17-11-8-14(12-18(17)21)23-19(25)24(15-4-2-1-3-5-15)16-9-6-13(22)7-10-16/h1-12H,22H2,(H,23,25). The molecule has 0 heterocycles. The lowest BCUT2D eigenvalue weighted by Crippen LogP contribution is -2.30. The number of hydrogen-bond donors (Lipinski definition) is 2. The molecule has 126 valence electrons. The summed E-state index contributed by atoms with van der Waals surface area (Å²) in [6.45, 7) is 0. The van der Waals surface area contributed by atoms with Crippen LogP contribution in [0, 0.1) is 0 Å². The van der Waals surface area contributed by atoms with Crippen molar-refractivity contribution >= 4 is 52.0 Å². The van der Waals surface area contributed by atoms with E-state index in [0.29, 0.717) is 27.1 Å². The average Bonchev–Trinajstić information content (AvgIpc) is 2.61. The van der Waals surface area contributed by atoms with E-state index in [4.69, 9.17) is 28.9 Å². The number of nitrogen functional groups attached to an aromatic ring is 1. The van der Waals surface area contributed by atoms with Crippen molar-refractivity contribution in [3.05, 3.63) is 82.8 Å². The van der Waals surface area contributed by atoms with E-state index in [2.05, 4.69) is 5.32 Å². The van der Waals surface area contributed by atoms with E-state index < -0.39 is 0 Å². The van der Waals surface area contributed by atoms with E-state index in [1.165, 1.54) is 0 Å². The van der Waals surface area contributed by atoms with Gasteiger partial charge in [-0.3, -0.25) is 4.90 Å². The Bertz CT molecular complexity index is 883. The number of urea groups is 1. The minimum absolute atomic E-state index is 0.325. The zero-order valence-corrected chi connectivity index (χ0v) is 14.6. The molecule has 25 heavy (non-hydrogen) atoms. The van der Waals surface area contributed by atoms with Crippen LogP contribution in [0.15, 0.2) is 72.8 Å². The van der Waals surface area contributed by atoms with E-state index in [-0.39, 0.29) is 6.03 Å². The summed E-state index contributed by atoms with van der Waals surface area (Å²) in [7, 11) is 0. The molecule has 0 saturated carbocycles. The van der Waals surface area contributed by atoms with Crippen molar-refractivity contribution < 1.29 is 4.79 Å². The minimum Gasteiger partial charge on any atom is -0.399 e. The number of amides is 2. The molecule has 0 aliphatic heterocycles. The van der Waals surface area contributed by atoms with Crippen molar-refractivity contribution in [3.8, 4) is 0 Å². The molecule has 4 nitrogen and oxygen atoms in total. The third-order valence-corrected chi connectivity index (χ3v) is 4.28. The van der Waals surface area contributed by atoms with Gasteiger partial charge in [0.1, 0.15) is 0 Å². The molecule has 0 fully saturated rings. The number of carbonyl (C=O) groups is 1. The molecule has 0 bridgehead atoms. The number of halogens is 2. The number of carbonyl (C=O) groups excluding carboxylic acids is 1. The molecule has 3 N–H and O–H groups in total. The number of anilines is 4. The lowest BCUT2D eigenvalue weighted by atomic mass is 10.2. The first-order valence-electron chi connectivity index (χ1n) is 7.51. The largest absolute Gasteiger partial charge is 0.399 e. The van der Waals surface area contributed by atoms with Crippen molar-refractivity contribution in [3.63, 3.8) is 0 Å². The highest BCUT2D eigenvalue weighted by Gasteiger charge is 2.18. The molecule has 3 aromatic rings. The molecule has 0 radical (unpaired) electrons. The van der Waals surface area contributed by atoms with Gasteiger partial charge in [0.15, 0.2) is 0 Å². The molecule has 0 saturated heterocycles. The Labute approximate surface area is 155 Å². The summed E-state index contributed by atoms with van der Waals surface area (Å²) in [4.78, 5) is 14.5. The first-order valence-corrected chi connectivity index (χ1v) is 8.27. The van der Waals surface area contributed by atoms with Crippen LogP contribution in [0.1, 0.15) is 0 Å². The van der Waals surface area contributed by atoms with Gasteiger partial charge in [0.25, 0.3) is 0 Å². The van der Waals surface area contributed by atoms with Crippen LogP contribution < -0.4 is 16.0 Å². The Kier molecular flexibility index (Phi) is 5.12. The maximum absolute atomic E-state index is 12.9. The molecule has 0 atom stereocenters. The average molecular weight is 372 g/mol. The maximum Gasteiger partial charge on any atom is 0.330 e. The Hall–Kier alpha value is -2.69. The smallest absolute Gasteiger partial charge is 0.330 e. The molecule has 6 heteroatoms. The molecule has 2 amide bonds. The molecule has 0 unspecified atom stereocenters. The number of para-hydroxylation sites is 1. The van der Waals surface area contributed by atoms with E-state index in [9.17, 15) is 4.79 Å². The lowest BCUT2D eigenvalue weighted by molar-refractivity contribution is 0.259. The minimum atomic E-state index is -0.325. The molecular weight excluding hydrogens is 357 g/mol. The second kappa shape index (κ2) is 7.47. The molecule has 0 spiro atoms. The molecule has 3 aromatic carbocycles. The number of benzene rings is 3. The van der Waals surface area contributed by atoms with Crippen LogP contribution in [0.25, 0.3) is 0 Å². The van der Waals surface area contributed by atoms with Crippen LogP contribution >= 0.6 is 23.2 Å². The quantitative estimate of drug-likeness (QED) is 0.559. The van der Waals surface area contributed by atoms with Crippen LogP contribution in [0.4, 0.5) is 27.5 Å². The summed E-state index contributed by atoms with van der Waals surface area (Å²) < 4.78 is 0. The fourth-order valence-electron chi connectivity index (χ4n) is 2.34. The van der Waals surface area contributed by atoms with Crippen molar-refractivity contribution in [2.75, 3.05) is 16.0 Å². The predicted octanol–water partition coefficient (Wildman–Crippen LogP) is 5.95. The monoisotopic (exact) mass is 371 g/mol. The molecule has 0 aliphatic rings. The Morgan fingerprint density at radius 2 is 1.48 bits per heavy atom. The number of nitrogens with zero attached hydrogens (tertiary/aromatic N) is 1. The van der Waals surface area contributed by atoms with E-state index in [0.717, 1.165) is 5.69 Å². The van der Waals surface area contributed by atoms with Gasteiger partial charge in [-0.25, -0.2) is 4.79 Å². The first kappa shape index (κ1) is 17.1. The van der Waals surface area contributed by atoms with Crippen LogP contribution in [-0.4, -0.2) is 6.03 Å². The number of nitrogens with two attached hydrogens (primary N) is 1. The molecule has 0 aromatic heterocycles. The van der Waals surface area contributed by atoms with Crippen LogP contribution in [0.3, 0.4) is 0 Å². The number of rotatable bonds is 3. The van der Waals surface area contributed by atoms with Gasteiger partial charge >= 0.3 is 6.03 Å². The fourth-order valence-corrected chi connectivity index (χ4v) is 2.64. The molecular formula is C19H15Cl2N3O. The summed E-state index contributed by atoms with van der Waals surface area (Å²) in [6, 6.07) is 21.0. The highest BCUT2D eigenvalue weighted by atomic mass is 35.5. The Balaban J connectivity index is 1.94. The third kappa shape index (κ3) is 4.05. The maximum atomic E-state index is 12.9. The van der Waals surface area contributed by atoms with Gasteiger partial charge in [0.2, 0.25) is 0 Å². The lowest BCUT2D eigenvalue weighted by Gasteiger charge is -2.23. The van der Waals surface area contributed by atoms with Gasteiger partial charge in [-0.2, -0.15) is 0 Å². The normalized spacial score (nSPS) is 10.3. The van der Waals surface area contributed by atoms with E-state index in [1.807, 2.05) is 30.3 Å². The number of hydrogen-bond acceptors (Lipinski definition) is 2. The van der Waals surface area contributed by atoms with Crippen molar-refractivity contribution in [1.29, 1.82) is 0 Å². The first-order chi connectivity index (χ1) is 12.0.